The van der Waals surface area contributed by atoms with Gasteiger partial charge in [0, 0.05) is 23.1 Å². The molecule has 2 aromatic carbocycles. The van der Waals surface area contributed by atoms with Gasteiger partial charge in [-0.25, -0.2) is 9.59 Å². The Labute approximate surface area is 136 Å². The number of phenolic OH excluding ortho intramolecular Hbond substituents is 1. The number of fused-ring (bicyclic) bond motifs is 1. The molecule has 122 valence electrons. The fourth-order valence-corrected chi connectivity index (χ4v) is 2.32. The van der Waals surface area contributed by atoms with Gasteiger partial charge in [-0.1, -0.05) is 12.1 Å². The van der Waals surface area contributed by atoms with Crippen molar-refractivity contribution in [2.24, 2.45) is 0 Å². The molecule has 0 saturated heterocycles. The molecule has 0 amide bonds. The lowest BCUT2D eigenvalue weighted by Crippen LogP contribution is -2.08. The van der Waals surface area contributed by atoms with Gasteiger partial charge >= 0.3 is 11.6 Å². The summed E-state index contributed by atoms with van der Waals surface area (Å²) in [7, 11) is 1.51. The van der Waals surface area contributed by atoms with Gasteiger partial charge < -0.3 is 19.0 Å². The highest BCUT2D eigenvalue weighted by molar-refractivity contribution is 5.92. The van der Waals surface area contributed by atoms with Crippen molar-refractivity contribution in [1.82, 2.24) is 0 Å². The molecule has 24 heavy (non-hydrogen) atoms. The van der Waals surface area contributed by atoms with Crippen LogP contribution in [0.3, 0.4) is 0 Å². The third-order valence-electron chi connectivity index (χ3n) is 3.52. The lowest BCUT2D eigenvalue weighted by atomic mass is 10.1. The van der Waals surface area contributed by atoms with Crippen molar-refractivity contribution in [2.45, 2.75) is 6.61 Å². The van der Waals surface area contributed by atoms with E-state index in [1.807, 2.05) is 0 Å². The van der Waals surface area contributed by atoms with E-state index in [9.17, 15) is 14.7 Å². The van der Waals surface area contributed by atoms with Crippen LogP contribution < -0.4 is 10.4 Å². The van der Waals surface area contributed by atoms with E-state index in [1.165, 1.54) is 25.3 Å². The monoisotopic (exact) mass is 326 g/mol. The first-order valence-electron chi connectivity index (χ1n) is 7.14. The number of hydrogen-bond donors (Lipinski definition) is 1. The summed E-state index contributed by atoms with van der Waals surface area (Å²) < 4.78 is 15.4. The van der Waals surface area contributed by atoms with E-state index in [0.717, 1.165) is 0 Å². The summed E-state index contributed by atoms with van der Waals surface area (Å²) in [6.45, 7) is -0.123. The molecule has 0 aliphatic carbocycles. The Morgan fingerprint density at radius 2 is 1.96 bits per heavy atom. The summed E-state index contributed by atoms with van der Waals surface area (Å²) >= 11 is 0. The molecule has 0 spiro atoms. The lowest BCUT2D eigenvalue weighted by molar-refractivity contribution is 0.0470. The zero-order chi connectivity index (χ0) is 17.1. The average Bonchev–Trinajstić information content (AvgIpc) is 2.59. The number of benzene rings is 2. The number of ether oxygens (including phenoxy) is 2. The van der Waals surface area contributed by atoms with Gasteiger partial charge in [-0.15, -0.1) is 0 Å². The van der Waals surface area contributed by atoms with Gasteiger partial charge in [0.2, 0.25) is 0 Å². The molecule has 0 unspecified atom stereocenters. The number of hydrogen-bond acceptors (Lipinski definition) is 6. The Bertz CT molecular complexity index is 957. The Hall–Kier alpha value is -3.28. The topological polar surface area (TPSA) is 86.0 Å². The molecule has 6 heteroatoms. The maximum atomic E-state index is 12.1. The quantitative estimate of drug-likeness (QED) is 0.586. The standard InChI is InChI=1S/C18H14O6/c1-22-12-6-7-13-11(8-17(20)24-16(13)9-12)10-23-18(21)14-4-2-3-5-15(14)19/h2-9,19H,10H2,1H3. The van der Waals surface area contributed by atoms with Crippen molar-refractivity contribution in [3.63, 3.8) is 0 Å². The van der Waals surface area contributed by atoms with E-state index in [1.54, 1.807) is 30.3 Å². The minimum Gasteiger partial charge on any atom is -0.507 e. The van der Waals surface area contributed by atoms with E-state index in [4.69, 9.17) is 13.9 Å². The summed E-state index contributed by atoms with van der Waals surface area (Å²) in [4.78, 5) is 23.7. The molecule has 0 fully saturated rings. The van der Waals surface area contributed by atoms with Crippen LogP contribution in [-0.4, -0.2) is 18.2 Å². The molecule has 3 aromatic rings. The molecule has 3 rings (SSSR count). The van der Waals surface area contributed by atoms with Crippen LogP contribution in [0.25, 0.3) is 11.0 Å². The predicted octanol–water partition coefficient (Wildman–Crippen LogP) is 2.86. The predicted molar refractivity (Wildman–Crippen MR) is 86.3 cm³/mol. The van der Waals surface area contributed by atoms with Crippen LogP contribution in [0.1, 0.15) is 15.9 Å². The Balaban J connectivity index is 1.89. The third-order valence-corrected chi connectivity index (χ3v) is 3.52. The first-order chi connectivity index (χ1) is 11.6. The molecule has 0 aliphatic rings. The van der Waals surface area contributed by atoms with E-state index in [-0.39, 0.29) is 17.9 Å². The molecule has 0 radical (unpaired) electrons. The number of carbonyl (C=O) groups is 1. The highest BCUT2D eigenvalue weighted by atomic mass is 16.5. The van der Waals surface area contributed by atoms with E-state index < -0.39 is 11.6 Å². The second kappa shape index (κ2) is 6.45. The van der Waals surface area contributed by atoms with Gasteiger partial charge in [-0.3, -0.25) is 0 Å². The van der Waals surface area contributed by atoms with Gasteiger partial charge in [-0.05, 0) is 24.3 Å². The Kier molecular flexibility index (Phi) is 4.20. The maximum Gasteiger partial charge on any atom is 0.342 e. The number of phenols is 1. The Morgan fingerprint density at radius 3 is 2.71 bits per heavy atom. The van der Waals surface area contributed by atoms with Crippen LogP contribution in [0.15, 0.2) is 57.7 Å². The summed E-state index contributed by atoms with van der Waals surface area (Å²) in [5.41, 5.74) is 0.360. The van der Waals surface area contributed by atoms with E-state index in [2.05, 4.69) is 0 Å². The molecule has 6 nitrogen and oxygen atoms in total. The average molecular weight is 326 g/mol. The number of aromatic hydroxyl groups is 1. The second-order valence-electron chi connectivity index (χ2n) is 5.05. The minimum absolute atomic E-state index is 0.0615. The number of methoxy groups -OCH3 is 1. The number of carbonyl (C=O) groups excluding carboxylic acids is 1. The summed E-state index contributed by atoms with van der Waals surface area (Å²) in [5.74, 6) is -0.290. The zero-order valence-corrected chi connectivity index (χ0v) is 12.8. The normalized spacial score (nSPS) is 10.5. The fourth-order valence-electron chi connectivity index (χ4n) is 2.32. The molecule has 0 saturated carbocycles. The molecule has 1 aromatic heterocycles. The first kappa shape index (κ1) is 15.6. The summed E-state index contributed by atoms with van der Waals surface area (Å²) in [5, 5.41) is 10.3. The minimum atomic E-state index is -0.678. The number of esters is 1. The van der Waals surface area contributed by atoms with E-state index in [0.29, 0.717) is 22.3 Å². The van der Waals surface area contributed by atoms with Crippen molar-refractivity contribution in [3.8, 4) is 11.5 Å². The highest BCUT2D eigenvalue weighted by Gasteiger charge is 2.14. The van der Waals surface area contributed by atoms with Gasteiger partial charge in [0.05, 0.1) is 7.11 Å². The van der Waals surface area contributed by atoms with Crippen molar-refractivity contribution in [2.75, 3.05) is 7.11 Å². The van der Waals surface area contributed by atoms with Crippen molar-refractivity contribution in [3.05, 3.63) is 70.1 Å². The van der Waals surface area contributed by atoms with Gasteiger partial charge in [0.1, 0.15) is 29.3 Å². The fraction of sp³-hybridized carbons (Fsp3) is 0.111. The van der Waals surface area contributed by atoms with Crippen LogP contribution in [-0.2, 0) is 11.3 Å². The van der Waals surface area contributed by atoms with Crippen LogP contribution in [0.2, 0.25) is 0 Å². The van der Waals surface area contributed by atoms with Gasteiger partial charge in [-0.2, -0.15) is 0 Å². The molecule has 0 atom stereocenters. The maximum absolute atomic E-state index is 12.1. The van der Waals surface area contributed by atoms with Crippen molar-refractivity contribution < 1.29 is 23.8 Å². The Morgan fingerprint density at radius 1 is 1.17 bits per heavy atom. The largest absolute Gasteiger partial charge is 0.507 e. The third kappa shape index (κ3) is 3.08. The summed E-state index contributed by atoms with van der Waals surface area (Å²) in [6.07, 6.45) is 0. The van der Waals surface area contributed by atoms with Crippen molar-refractivity contribution in [1.29, 1.82) is 0 Å². The lowest BCUT2D eigenvalue weighted by Gasteiger charge is -2.09. The number of para-hydroxylation sites is 1. The van der Waals surface area contributed by atoms with Gasteiger partial charge in [0.25, 0.3) is 0 Å². The number of rotatable bonds is 4. The summed E-state index contributed by atoms with van der Waals surface area (Å²) in [6, 6.07) is 12.4. The molecule has 1 N–H and O–H groups in total. The molecular formula is C18H14O6. The molecular weight excluding hydrogens is 312 g/mol. The van der Waals surface area contributed by atoms with Crippen LogP contribution >= 0.6 is 0 Å². The van der Waals surface area contributed by atoms with Crippen LogP contribution in [0.5, 0.6) is 11.5 Å². The smallest absolute Gasteiger partial charge is 0.342 e. The van der Waals surface area contributed by atoms with Crippen LogP contribution in [0.4, 0.5) is 0 Å². The zero-order valence-electron chi connectivity index (χ0n) is 12.8. The molecule has 1 heterocycles. The first-order valence-corrected chi connectivity index (χ1v) is 7.14. The van der Waals surface area contributed by atoms with Gasteiger partial charge in [0.15, 0.2) is 0 Å². The highest BCUT2D eigenvalue weighted by Crippen LogP contribution is 2.24. The van der Waals surface area contributed by atoms with Crippen molar-refractivity contribution >= 4 is 16.9 Å². The second-order valence-corrected chi connectivity index (χ2v) is 5.05. The molecule has 0 aliphatic heterocycles. The van der Waals surface area contributed by atoms with Crippen LogP contribution in [0, 0.1) is 0 Å². The molecule has 0 bridgehead atoms. The van der Waals surface area contributed by atoms with E-state index >= 15 is 0 Å². The SMILES string of the molecule is COc1ccc2c(COC(=O)c3ccccc3O)cc(=O)oc2c1.